The standard InChI is InChI=1S/C6H12O6.C6H12O5/c7-1-3(9)5(11)6(12)4(10)2-8;1-3(8)5(10)6(11)4(9)2-7/h1,3-6,8-12H,2H2;2-6,8-11H,1H3/t3-,4+,5+,6+;3-,4+,5+,6-/m01/s1. The Bertz CT molecular complexity index is 324. The van der Waals surface area contributed by atoms with Gasteiger partial charge in [0.2, 0.25) is 0 Å². The number of rotatable bonds is 9. The monoisotopic (exact) mass is 344 g/mol. The predicted molar refractivity (Wildman–Crippen MR) is 72.9 cm³/mol. The zero-order valence-corrected chi connectivity index (χ0v) is 12.3. The summed E-state index contributed by atoms with van der Waals surface area (Å²) in [5.74, 6) is 0. The number of carbonyl (C=O) groups excluding carboxylic acids is 2. The molecule has 0 aliphatic carbocycles. The van der Waals surface area contributed by atoms with Crippen LogP contribution >= 0.6 is 0 Å². The average Bonchev–Trinajstić information content (AvgIpc) is 2.56. The summed E-state index contributed by atoms with van der Waals surface area (Å²) < 4.78 is 0. The lowest BCUT2D eigenvalue weighted by Gasteiger charge is -2.22. The topological polar surface area (TPSA) is 216 Å². The first-order valence-electron chi connectivity index (χ1n) is 6.51. The lowest BCUT2D eigenvalue weighted by molar-refractivity contribution is -0.136. The van der Waals surface area contributed by atoms with Crippen molar-refractivity contribution in [3.8, 4) is 0 Å². The Morgan fingerprint density at radius 1 is 0.696 bits per heavy atom. The van der Waals surface area contributed by atoms with Crippen molar-refractivity contribution in [2.75, 3.05) is 6.61 Å². The van der Waals surface area contributed by atoms with Crippen molar-refractivity contribution in [2.45, 2.75) is 55.8 Å². The first-order valence-corrected chi connectivity index (χ1v) is 6.51. The zero-order chi connectivity index (χ0) is 18.7. The molecule has 23 heavy (non-hydrogen) atoms. The Morgan fingerprint density at radius 3 is 1.30 bits per heavy atom. The third-order valence-corrected chi connectivity index (χ3v) is 2.75. The summed E-state index contributed by atoms with van der Waals surface area (Å²) >= 11 is 0. The molecule has 0 unspecified atom stereocenters. The van der Waals surface area contributed by atoms with Gasteiger partial charge in [-0.25, -0.2) is 0 Å². The molecule has 0 saturated carbocycles. The van der Waals surface area contributed by atoms with Crippen LogP contribution in [0.25, 0.3) is 0 Å². The zero-order valence-electron chi connectivity index (χ0n) is 12.3. The first-order chi connectivity index (χ1) is 10.5. The lowest BCUT2D eigenvalue weighted by Crippen LogP contribution is -2.46. The second kappa shape index (κ2) is 12.4. The van der Waals surface area contributed by atoms with E-state index >= 15 is 0 Å². The van der Waals surface area contributed by atoms with Gasteiger partial charge in [0.05, 0.1) is 12.7 Å². The Labute approximate surface area is 131 Å². The van der Waals surface area contributed by atoms with Gasteiger partial charge < -0.3 is 55.5 Å². The second-order valence-corrected chi connectivity index (χ2v) is 4.71. The van der Waals surface area contributed by atoms with Crippen molar-refractivity contribution in [3.05, 3.63) is 0 Å². The van der Waals surface area contributed by atoms with E-state index in [1.165, 1.54) is 6.92 Å². The van der Waals surface area contributed by atoms with E-state index in [9.17, 15) is 9.59 Å². The normalized spacial score (nSPS) is 21.5. The highest BCUT2D eigenvalue weighted by Crippen LogP contribution is 2.03. The van der Waals surface area contributed by atoms with Crippen molar-refractivity contribution in [1.82, 2.24) is 0 Å². The van der Waals surface area contributed by atoms with Crippen LogP contribution < -0.4 is 0 Å². The van der Waals surface area contributed by atoms with Gasteiger partial charge in [0, 0.05) is 0 Å². The number of carbonyl (C=O) groups is 2. The van der Waals surface area contributed by atoms with Gasteiger partial charge in [0.15, 0.2) is 12.6 Å². The van der Waals surface area contributed by atoms with E-state index in [1.54, 1.807) is 0 Å². The number of aliphatic hydroxyl groups is 9. The molecule has 138 valence electrons. The quantitative estimate of drug-likeness (QED) is 0.179. The van der Waals surface area contributed by atoms with Gasteiger partial charge in [-0.15, -0.1) is 0 Å². The molecule has 0 radical (unpaired) electrons. The summed E-state index contributed by atoms with van der Waals surface area (Å²) in [6.07, 6.45) is -12.7. The lowest BCUT2D eigenvalue weighted by atomic mass is 10.0. The molecule has 0 aromatic rings. The van der Waals surface area contributed by atoms with E-state index in [1.807, 2.05) is 0 Å². The van der Waals surface area contributed by atoms with E-state index in [0.29, 0.717) is 0 Å². The molecule has 0 aliphatic heterocycles. The van der Waals surface area contributed by atoms with Crippen molar-refractivity contribution in [3.63, 3.8) is 0 Å². The van der Waals surface area contributed by atoms with Crippen molar-refractivity contribution >= 4 is 12.6 Å². The number of aliphatic hydroxyl groups excluding tert-OH is 9. The minimum absolute atomic E-state index is 0.0258. The van der Waals surface area contributed by atoms with Gasteiger partial charge in [0.25, 0.3) is 0 Å². The van der Waals surface area contributed by atoms with Gasteiger partial charge >= 0.3 is 0 Å². The number of hydrogen-bond donors (Lipinski definition) is 9. The van der Waals surface area contributed by atoms with Crippen LogP contribution in [0, 0.1) is 0 Å². The fourth-order valence-corrected chi connectivity index (χ4v) is 1.19. The molecule has 0 aromatic carbocycles. The van der Waals surface area contributed by atoms with Crippen LogP contribution in [0.1, 0.15) is 6.92 Å². The number of aldehydes is 2. The van der Waals surface area contributed by atoms with Crippen molar-refractivity contribution in [2.24, 2.45) is 0 Å². The molecule has 0 bridgehead atoms. The highest BCUT2D eigenvalue weighted by Gasteiger charge is 2.29. The fourth-order valence-electron chi connectivity index (χ4n) is 1.19. The molecule has 0 rings (SSSR count). The van der Waals surface area contributed by atoms with E-state index in [2.05, 4.69) is 0 Å². The molecule has 0 spiro atoms. The summed E-state index contributed by atoms with van der Waals surface area (Å²) in [7, 11) is 0. The minimum atomic E-state index is -1.79. The SMILES string of the molecule is C[C@@H](O)[C@H](O)[C@H](O)[C@@H](O)C=O.O=C[C@H](O)[C@@H](O)[C@H](O)[C@H](O)CO. The molecule has 0 heterocycles. The Kier molecular flexibility index (Phi) is 13.1. The maximum Gasteiger partial charge on any atom is 0.151 e. The van der Waals surface area contributed by atoms with Gasteiger partial charge in [-0.2, -0.15) is 0 Å². The molecule has 0 aromatic heterocycles. The molecule has 0 aliphatic rings. The molecule has 0 fully saturated rings. The van der Waals surface area contributed by atoms with E-state index in [0.717, 1.165) is 0 Å². The maximum absolute atomic E-state index is 9.90. The van der Waals surface area contributed by atoms with E-state index in [-0.39, 0.29) is 12.6 Å². The molecule has 0 amide bonds. The largest absolute Gasteiger partial charge is 0.394 e. The molecule has 0 saturated heterocycles. The molecule has 11 nitrogen and oxygen atoms in total. The van der Waals surface area contributed by atoms with Crippen LogP contribution in [-0.4, -0.2) is 114 Å². The summed E-state index contributed by atoms with van der Waals surface area (Å²) in [5.41, 5.74) is 0. The fraction of sp³-hybridized carbons (Fsp3) is 0.833. The molecule has 9 N–H and O–H groups in total. The van der Waals surface area contributed by atoms with Gasteiger partial charge in [-0.05, 0) is 6.92 Å². The predicted octanol–water partition coefficient (Wildman–Crippen LogP) is -5.73. The summed E-state index contributed by atoms with van der Waals surface area (Å²) in [6, 6.07) is 0. The van der Waals surface area contributed by atoms with Crippen molar-refractivity contribution < 1.29 is 55.5 Å². The van der Waals surface area contributed by atoms with Crippen LogP contribution in [0.3, 0.4) is 0 Å². The van der Waals surface area contributed by atoms with E-state index in [4.69, 9.17) is 46.0 Å². The molecular weight excluding hydrogens is 320 g/mol. The molecular formula is C12H24O11. The van der Waals surface area contributed by atoms with Gasteiger partial charge in [-0.1, -0.05) is 0 Å². The van der Waals surface area contributed by atoms with Crippen LogP contribution in [0.4, 0.5) is 0 Å². The van der Waals surface area contributed by atoms with Crippen LogP contribution in [0.15, 0.2) is 0 Å². The third kappa shape index (κ3) is 9.00. The highest BCUT2D eigenvalue weighted by molar-refractivity contribution is 5.57. The van der Waals surface area contributed by atoms with Gasteiger partial charge in [0.1, 0.15) is 42.7 Å². The number of hydrogen-bond acceptors (Lipinski definition) is 11. The summed E-state index contributed by atoms with van der Waals surface area (Å²) in [6.45, 7) is 0.481. The first kappa shape index (κ1) is 24.2. The second-order valence-electron chi connectivity index (χ2n) is 4.71. The van der Waals surface area contributed by atoms with Crippen LogP contribution in [0.5, 0.6) is 0 Å². The highest BCUT2D eigenvalue weighted by atomic mass is 16.4. The van der Waals surface area contributed by atoms with Crippen LogP contribution in [-0.2, 0) is 9.59 Å². The summed E-state index contributed by atoms with van der Waals surface area (Å²) in [4.78, 5) is 19.8. The smallest absolute Gasteiger partial charge is 0.151 e. The Hall–Kier alpha value is -1.02. The average molecular weight is 344 g/mol. The van der Waals surface area contributed by atoms with Gasteiger partial charge in [-0.3, -0.25) is 0 Å². The third-order valence-electron chi connectivity index (χ3n) is 2.75. The van der Waals surface area contributed by atoms with Crippen molar-refractivity contribution in [1.29, 1.82) is 0 Å². The molecule has 11 heteroatoms. The van der Waals surface area contributed by atoms with Crippen LogP contribution in [0.2, 0.25) is 0 Å². The Morgan fingerprint density at radius 2 is 1.04 bits per heavy atom. The maximum atomic E-state index is 9.90. The Balaban J connectivity index is 0. The molecule has 8 atom stereocenters. The minimum Gasteiger partial charge on any atom is -0.394 e. The summed E-state index contributed by atoms with van der Waals surface area (Å²) in [5, 5.41) is 78.6. The van der Waals surface area contributed by atoms with E-state index < -0.39 is 55.4 Å².